The second kappa shape index (κ2) is 6.17. The Hall–Kier alpha value is -2.11. The molecule has 0 saturated heterocycles. The van der Waals surface area contributed by atoms with Crippen LogP contribution >= 0.6 is 0 Å². The standard InChI is InChI=1S/C13H19N3O3/c1-4-16(13(2,3)11(17)18)12(19)15-9-10-7-5-6-8-14-10/h5-8H,4,9H2,1-3H3,(H,15,19)(H,17,18). The van der Waals surface area contributed by atoms with E-state index < -0.39 is 17.5 Å². The Bertz CT molecular complexity index is 446. The van der Waals surface area contributed by atoms with Gasteiger partial charge in [0.05, 0.1) is 12.2 Å². The number of aromatic nitrogens is 1. The van der Waals surface area contributed by atoms with Crippen LogP contribution in [0.4, 0.5) is 4.79 Å². The van der Waals surface area contributed by atoms with Gasteiger partial charge in [0.1, 0.15) is 5.54 Å². The second-order valence-corrected chi connectivity index (χ2v) is 4.59. The summed E-state index contributed by atoms with van der Waals surface area (Å²) in [5, 5.41) is 11.8. The number of urea groups is 1. The molecular weight excluding hydrogens is 246 g/mol. The van der Waals surface area contributed by atoms with Crippen molar-refractivity contribution in [2.24, 2.45) is 0 Å². The van der Waals surface area contributed by atoms with Crippen LogP contribution < -0.4 is 5.32 Å². The smallest absolute Gasteiger partial charge is 0.329 e. The monoisotopic (exact) mass is 265 g/mol. The highest BCUT2D eigenvalue weighted by Gasteiger charge is 2.36. The molecule has 2 N–H and O–H groups in total. The number of likely N-dealkylation sites (N-methyl/N-ethyl adjacent to an activating group) is 1. The maximum atomic E-state index is 12.0. The Kier molecular flexibility index (Phi) is 4.86. The molecule has 0 unspecified atom stereocenters. The van der Waals surface area contributed by atoms with Crippen LogP contribution in [-0.2, 0) is 11.3 Å². The molecule has 0 atom stereocenters. The lowest BCUT2D eigenvalue weighted by molar-refractivity contribution is -0.147. The van der Waals surface area contributed by atoms with Crippen molar-refractivity contribution in [2.75, 3.05) is 6.54 Å². The van der Waals surface area contributed by atoms with Crippen LogP contribution in [0.3, 0.4) is 0 Å². The quantitative estimate of drug-likeness (QED) is 0.844. The van der Waals surface area contributed by atoms with Crippen LogP contribution in [0.5, 0.6) is 0 Å². The molecular formula is C13H19N3O3. The van der Waals surface area contributed by atoms with E-state index in [0.717, 1.165) is 5.69 Å². The van der Waals surface area contributed by atoms with Crippen molar-refractivity contribution in [3.05, 3.63) is 30.1 Å². The first-order valence-electron chi connectivity index (χ1n) is 6.08. The zero-order valence-corrected chi connectivity index (χ0v) is 11.4. The molecule has 0 saturated carbocycles. The Morgan fingerprint density at radius 2 is 2.11 bits per heavy atom. The molecule has 0 radical (unpaired) electrons. The lowest BCUT2D eigenvalue weighted by atomic mass is 10.0. The van der Waals surface area contributed by atoms with Crippen molar-refractivity contribution in [3.8, 4) is 0 Å². The first-order chi connectivity index (χ1) is 8.89. The number of pyridine rings is 1. The third-order valence-corrected chi connectivity index (χ3v) is 2.91. The van der Waals surface area contributed by atoms with Gasteiger partial charge in [0.15, 0.2) is 0 Å². The average molecular weight is 265 g/mol. The number of hydrogen-bond donors (Lipinski definition) is 2. The van der Waals surface area contributed by atoms with E-state index in [9.17, 15) is 9.59 Å². The van der Waals surface area contributed by atoms with Gasteiger partial charge in [-0.2, -0.15) is 0 Å². The highest BCUT2D eigenvalue weighted by Crippen LogP contribution is 2.14. The van der Waals surface area contributed by atoms with E-state index in [1.807, 2.05) is 6.07 Å². The molecule has 0 fully saturated rings. The van der Waals surface area contributed by atoms with Gasteiger partial charge in [0, 0.05) is 12.7 Å². The van der Waals surface area contributed by atoms with Gasteiger partial charge in [0.25, 0.3) is 0 Å². The van der Waals surface area contributed by atoms with Crippen LogP contribution in [-0.4, -0.2) is 39.1 Å². The first-order valence-corrected chi connectivity index (χ1v) is 6.08. The number of aliphatic carboxylic acids is 1. The topological polar surface area (TPSA) is 82.5 Å². The van der Waals surface area contributed by atoms with Gasteiger partial charge < -0.3 is 15.3 Å². The summed E-state index contributed by atoms with van der Waals surface area (Å²) in [6.45, 7) is 5.32. The van der Waals surface area contributed by atoms with Gasteiger partial charge in [-0.25, -0.2) is 9.59 Å². The van der Waals surface area contributed by atoms with Crippen molar-refractivity contribution < 1.29 is 14.7 Å². The van der Waals surface area contributed by atoms with Crippen LogP contribution in [0, 0.1) is 0 Å². The minimum Gasteiger partial charge on any atom is -0.480 e. The van der Waals surface area contributed by atoms with E-state index in [1.54, 1.807) is 25.3 Å². The summed E-state index contributed by atoms with van der Waals surface area (Å²) in [4.78, 5) is 28.5. The molecule has 1 aromatic rings. The minimum atomic E-state index is -1.25. The van der Waals surface area contributed by atoms with Crippen molar-refractivity contribution in [1.29, 1.82) is 0 Å². The average Bonchev–Trinajstić information content (AvgIpc) is 2.38. The second-order valence-electron chi connectivity index (χ2n) is 4.59. The zero-order chi connectivity index (χ0) is 14.5. The van der Waals surface area contributed by atoms with Crippen LogP contribution in [0.1, 0.15) is 26.5 Å². The number of rotatable bonds is 5. The summed E-state index contributed by atoms with van der Waals surface area (Å²) in [6, 6.07) is 4.99. The summed E-state index contributed by atoms with van der Waals surface area (Å²) in [5.41, 5.74) is -0.525. The van der Waals surface area contributed by atoms with E-state index in [4.69, 9.17) is 5.11 Å². The molecule has 0 aliphatic rings. The molecule has 6 nitrogen and oxygen atoms in total. The van der Waals surface area contributed by atoms with Crippen molar-refractivity contribution in [2.45, 2.75) is 32.9 Å². The highest BCUT2D eigenvalue weighted by molar-refractivity contribution is 5.85. The normalized spacial score (nSPS) is 10.9. The SMILES string of the molecule is CCN(C(=O)NCc1ccccn1)C(C)(C)C(=O)O. The number of carboxylic acids is 1. The van der Waals surface area contributed by atoms with E-state index in [1.165, 1.54) is 18.7 Å². The molecule has 0 aliphatic heterocycles. The highest BCUT2D eigenvalue weighted by atomic mass is 16.4. The Labute approximate surface area is 112 Å². The summed E-state index contributed by atoms with van der Waals surface area (Å²) < 4.78 is 0. The molecule has 104 valence electrons. The number of carbonyl (C=O) groups is 2. The summed E-state index contributed by atoms with van der Waals surface area (Å²) >= 11 is 0. The lowest BCUT2D eigenvalue weighted by Gasteiger charge is -2.34. The number of hydrogen-bond acceptors (Lipinski definition) is 3. The van der Waals surface area contributed by atoms with E-state index in [2.05, 4.69) is 10.3 Å². The molecule has 0 aromatic carbocycles. The first kappa shape index (κ1) is 14.9. The molecule has 1 heterocycles. The fraction of sp³-hybridized carbons (Fsp3) is 0.462. The molecule has 6 heteroatoms. The third-order valence-electron chi connectivity index (χ3n) is 2.91. The lowest BCUT2D eigenvalue weighted by Crippen LogP contribution is -2.55. The van der Waals surface area contributed by atoms with Gasteiger partial charge in [-0.1, -0.05) is 6.07 Å². The molecule has 1 aromatic heterocycles. The summed E-state index contributed by atoms with van der Waals surface area (Å²) in [5.74, 6) is -1.04. The van der Waals surface area contributed by atoms with Gasteiger partial charge in [-0.15, -0.1) is 0 Å². The molecule has 1 rings (SSSR count). The molecule has 0 spiro atoms. The van der Waals surface area contributed by atoms with Gasteiger partial charge in [-0.3, -0.25) is 4.98 Å². The Balaban J connectivity index is 2.68. The third kappa shape index (κ3) is 3.67. The molecule has 0 aliphatic carbocycles. The Morgan fingerprint density at radius 1 is 1.42 bits per heavy atom. The molecule has 0 bridgehead atoms. The minimum absolute atomic E-state index is 0.270. The van der Waals surface area contributed by atoms with E-state index >= 15 is 0 Å². The van der Waals surface area contributed by atoms with Gasteiger partial charge >= 0.3 is 12.0 Å². The number of nitrogens with zero attached hydrogens (tertiary/aromatic N) is 2. The van der Waals surface area contributed by atoms with Crippen LogP contribution in [0.25, 0.3) is 0 Å². The van der Waals surface area contributed by atoms with Crippen molar-refractivity contribution in [3.63, 3.8) is 0 Å². The predicted molar refractivity (Wildman–Crippen MR) is 70.6 cm³/mol. The fourth-order valence-corrected chi connectivity index (χ4v) is 1.67. The van der Waals surface area contributed by atoms with E-state index in [-0.39, 0.29) is 6.54 Å². The zero-order valence-electron chi connectivity index (χ0n) is 11.4. The van der Waals surface area contributed by atoms with E-state index in [0.29, 0.717) is 6.54 Å². The van der Waals surface area contributed by atoms with Crippen molar-refractivity contribution >= 4 is 12.0 Å². The van der Waals surface area contributed by atoms with Crippen LogP contribution in [0.15, 0.2) is 24.4 Å². The molecule has 2 amide bonds. The fourth-order valence-electron chi connectivity index (χ4n) is 1.67. The molecule has 19 heavy (non-hydrogen) atoms. The van der Waals surface area contributed by atoms with Gasteiger partial charge in [-0.05, 0) is 32.9 Å². The summed E-state index contributed by atoms with van der Waals surface area (Å²) in [7, 11) is 0. The maximum absolute atomic E-state index is 12.0. The Morgan fingerprint density at radius 3 is 2.58 bits per heavy atom. The number of carbonyl (C=O) groups excluding carboxylic acids is 1. The van der Waals surface area contributed by atoms with Gasteiger partial charge in [0.2, 0.25) is 0 Å². The predicted octanol–water partition coefficient (Wildman–Crippen LogP) is 1.48. The van der Waals surface area contributed by atoms with Crippen molar-refractivity contribution in [1.82, 2.24) is 15.2 Å². The number of carboxylic acid groups (broad SMARTS) is 1. The van der Waals surface area contributed by atoms with Crippen LogP contribution in [0.2, 0.25) is 0 Å². The maximum Gasteiger partial charge on any atom is 0.329 e. The largest absolute Gasteiger partial charge is 0.480 e. The number of nitrogens with one attached hydrogen (secondary N) is 1. The summed E-state index contributed by atoms with van der Waals surface area (Å²) in [6.07, 6.45) is 1.64. The number of amides is 2.